The first-order valence-electron chi connectivity index (χ1n) is 3.70. The molecule has 1 rings (SSSR count). The van der Waals surface area contributed by atoms with Gasteiger partial charge in [-0.25, -0.2) is 9.78 Å². The number of carboxylic acids is 1. The molecule has 0 aromatic carbocycles. The third-order valence-corrected chi connectivity index (χ3v) is 1.34. The molecule has 1 N–H and O–H groups in total. The van der Waals surface area contributed by atoms with Gasteiger partial charge in [0.1, 0.15) is 13.2 Å². The standard InChI is InChI=1S/C7H6F3NO4/c8-7(9,10)2-14-1-4-5(6(12)13)11-3-15-4/h3H,1-2H2,(H,12,13). The third kappa shape index (κ3) is 3.58. The number of rotatable bonds is 4. The molecule has 1 aromatic heterocycles. The van der Waals surface area contributed by atoms with Gasteiger partial charge in [0.25, 0.3) is 0 Å². The molecule has 0 radical (unpaired) electrons. The lowest BCUT2D eigenvalue weighted by atomic mass is 10.3. The fraction of sp³-hybridized carbons (Fsp3) is 0.429. The van der Waals surface area contributed by atoms with Crippen LogP contribution in [0.1, 0.15) is 16.2 Å². The highest BCUT2D eigenvalue weighted by atomic mass is 19.4. The van der Waals surface area contributed by atoms with Gasteiger partial charge in [0.05, 0.1) is 0 Å². The molecule has 0 saturated heterocycles. The topological polar surface area (TPSA) is 72.6 Å². The molecule has 0 atom stereocenters. The highest BCUT2D eigenvalue weighted by Crippen LogP contribution is 2.16. The second-order valence-corrected chi connectivity index (χ2v) is 2.54. The van der Waals surface area contributed by atoms with E-state index in [2.05, 4.69) is 14.1 Å². The lowest BCUT2D eigenvalue weighted by Gasteiger charge is -2.05. The van der Waals surface area contributed by atoms with E-state index in [0.29, 0.717) is 0 Å². The van der Waals surface area contributed by atoms with Crippen LogP contribution in [0.2, 0.25) is 0 Å². The Hall–Kier alpha value is -1.57. The molecular formula is C7H6F3NO4. The lowest BCUT2D eigenvalue weighted by Crippen LogP contribution is -2.17. The van der Waals surface area contributed by atoms with E-state index in [-0.39, 0.29) is 5.76 Å². The van der Waals surface area contributed by atoms with Crippen LogP contribution in [0.5, 0.6) is 0 Å². The van der Waals surface area contributed by atoms with Crippen molar-refractivity contribution in [2.75, 3.05) is 6.61 Å². The minimum atomic E-state index is -4.45. The van der Waals surface area contributed by atoms with Gasteiger partial charge in [0.15, 0.2) is 17.8 Å². The Morgan fingerprint density at radius 2 is 2.27 bits per heavy atom. The lowest BCUT2D eigenvalue weighted by molar-refractivity contribution is -0.177. The Bertz CT molecular complexity index is 346. The molecule has 0 unspecified atom stereocenters. The van der Waals surface area contributed by atoms with E-state index >= 15 is 0 Å². The van der Waals surface area contributed by atoms with Crippen LogP contribution in [0.25, 0.3) is 0 Å². The molecule has 0 aliphatic rings. The fourth-order valence-electron chi connectivity index (χ4n) is 0.807. The zero-order valence-electron chi connectivity index (χ0n) is 7.24. The van der Waals surface area contributed by atoms with Gasteiger partial charge in [-0.2, -0.15) is 13.2 Å². The van der Waals surface area contributed by atoms with Gasteiger partial charge in [-0.15, -0.1) is 0 Å². The second kappa shape index (κ2) is 4.30. The van der Waals surface area contributed by atoms with E-state index in [9.17, 15) is 18.0 Å². The van der Waals surface area contributed by atoms with Gasteiger partial charge in [-0.1, -0.05) is 0 Å². The van der Waals surface area contributed by atoms with Crippen molar-refractivity contribution in [1.29, 1.82) is 0 Å². The van der Waals surface area contributed by atoms with Crippen molar-refractivity contribution in [3.8, 4) is 0 Å². The summed E-state index contributed by atoms with van der Waals surface area (Å²) in [5.74, 6) is -1.62. The van der Waals surface area contributed by atoms with Crippen LogP contribution in [0.4, 0.5) is 13.2 Å². The maximum atomic E-state index is 11.7. The fourth-order valence-corrected chi connectivity index (χ4v) is 0.807. The smallest absolute Gasteiger partial charge is 0.411 e. The molecule has 8 heteroatoms. The summed E-state index contributed by atoms with van der Waals surface area (Å²) in [6.07, 6.45) is -3.63. The van der Waals surface area contributed by atoms with Gasteiger partial charge >= 0.3 is 12.1 Å². The van der Waals surface area contributed by atoms with Crippen LogP contribution in [-0.4, -0.2) is 28.8 Å². The van der Waals surface area contributed by atoms with Crippen molar-refractivity contribution in [2.45, 2.75) is 12.8 Å². The normalized spacial score (nSPS) is 11.7. The highest BCUT2D eigenvalue weighted by Gasteiger charge is 2.28. The van der Waals surface area contributed by atoms with Crippen LogP contribution >= 0.6 is 0 Å². The van der Waals surface area contributed by atoms with Crippen molar-refractivity contribution >= 4 is 5.97 Å². The Kier molecular flexibility index (Phi) is 3.30. The van der Waals surface area contributed by atoms with Crippen molar-refractivity contribution in [3.63, 3.8) is 0 Å². The van der Waals surface area contributed by atoms with E-state index in [1.807, 2.05) is 0 Å². The maximum Gasteiger partial charge on any atom is 0.411 e. The van der Waals surface area contributed by atoms with E-state index in [4.69, 9.17) is 5.11 Å². The predicted octanol–water partition coefficient (Wildman–Crippen LogP) is 1.45. The second-order valence-electron chi connectivity index (χ2n) is 2.54. The Labute approximate surface area is 81.5 Å². The maximum absolute atomic E-state index is 11.7. The van der Waals surface area contributed by atoms with Crippen LogP contribution in [0.3, 0.4) is 0 Å². The number of hydrogen-bond donors (Lipinski definition) is 1. The number of oxazole rings is 1. The molecule has 0 aliphatic heterocycles. The number of aromatic nitrogens is 1. The van der Waals surface area contributed by atoms with Gasteiger partial charge < -0.3 is 14.3 Å². The van der Waals surface area contributed by atoms with Crippen molar-refractivity contribution < 1.29 is 32.2 Å². The minimum absolute atomic E-state index is 0.244. The van der Waals surface area contributed by atoms with Crippen LogP contribution in [-0.2, 0) is 11.3 Å². The van der Waals surface area contributed by atoms with E-state index in [0.717, 1.165) is 6.39 Å². The molecule has 0 bridgehead atoms. The first kappa shape index (κ1) is 11.5. The summed E-state index contributed by atoms with van der Waals surface area (Å²) in [4.78, 5) is 13.7. The first-order valence-corrected chi connectivity index (χ1v) is 3.70. The molecule has 5 nitrogen and oxygen atoms in total. The predicted molar refractivity (Wildman–Crippen MR) is 39.2 cm³/mol. The van der Waals surface area contributed by atoms with Crippen LogP contribution in [0.15, 0.2) is 10.8 Å². The zero-order valence-corrected chi connectivity index (χ0v) is 7.24. The Morgan fingerprint density at radius 1 is 1.60 bits per heavy atom. The molecule has 84 valence electrons. The first-order chi connectivity index (χ1) is 6.90. The van der Waals surface area contributed by atoms with Gasteiger partial charge in [-0.05, 0) is 0 Å². The summed E-state index contributed by atoms with van der Waals surface area (Å²) < 4.78 is 43.7. The molecule has 0 amide bonds. The molecule has 1 aromatic rings. The number of aromatic carboxylic acids is 1. The number of carbonyl (C=O) groups is 1. The van der Waals surface area contributed by atoms with E-state index in [1.165, 1.54) is 0 Å². The highest BCUT2D eigenvalue weighted by molar-refractivity contribution is 5.86. The van der Waals surface area contributed by atoms with Gasteiger partial charge in [-0.3, -0.25) is 0 Å². The van der Waals surface area contributed by atoms with Crippen molar-refractivity contribution in [3.05, 3.63) is 17.8 Å². The van der Waals surface area contributed by atoms with Crippen molar-refractivity contribution in [2.24, 2.45) is 0 Å². The monoisotopic (exact) mass is 225 g/mol. The van der Waals surface area contributed by atoms with Crippen molar-refractivity contribution in [1.82, 2.24) is 4.98 Å². The number of nitrogens with zero attached hydrogens (tertiary/aromatic N) is 1. The summed E-state index contributed by atoms with van der Waals surface area (Å²) in [5, 5.41) is 8.51. The molecule has 0 fully saturated rings. The molecule has 0 saturated carbocycles. The summed E-state index contributed by atoms with van der Waals surface area (Å²) in [5.41, 5.74) is -0.447. The molecule has 0 spiro atoms. The number of halogens is 3. The largest absolute Gasteiger partial charge is 0.476 e. The van der Waals surface area contributed by atoms with E-state index in [1.54, 1.807) is 0 Å². The molecular weight excluding hydrogens is 219 g/mol. The summed E-state index contributed by atoms with van der Waals surface area (Å²) in [6.45, 7) is -2.05. The average molecular weight is 225 g/mol. The van der Waals surface area contributed by atoms with E-state index < -0.39 is 31.1 Å². The number of carboxylic acid groups (broad SMARTS) is 1. The quantitative estimate of drug-likeness (QED) is 0.839. The Morgan fingerprint density at radius 3 is 2.80 bits per heavy atom. The average Bonchev–Trinajstić information content (AvgIpc) is 2.49. The number of alkyl halides is 3. The summed E-state index contributed by atoms with van der Waals surface area (Å²) in [7, 11) is 0. The van der Waals surface area contributed by atoms with Crippen LogP contribution in [0, 0.1) is 0 Å². The van der Waals surface area contributed by atoms with Gasteiger partial charge in [0.2, 0.25) is 0 Å². The number of ether oxygens (including phenoxy) is 1. The number of hydrogen-bond acceptors (Lipinski definition) is 4. The van der Waals surface area contributed by atoms with Gasteiger partial charge in [0, 0.05) is 0 Å². The SMILES string of the molecule is O=C(O)c1ncoc1COCC(F)(F)F. The third-order valence-electron chi connectivity index (χ3n) is 1.34. The molecule has 15 heavy (non-hydrogen) atoms. The minimum Gasteiger partial charge on any atom is -0.476 e. The Balaban J connectivity index is 2.51. The zero-order chi connectivity index (χ0) is 11.5. The molecule has 1 heterocycles. The summed E-state index contributed by atoms with van der Waals surface area (Å²) >= 11 is 0. The van der Waals surface area contributed by atoms with Crippen LogP contribution < -0.4 is 0 Å². The molecule has 0 aliphatic carbocycles. The summed E-state index contributed by atoms with van der Waals surface area (Å²) in [6, 6.07) is 0.